The minimum Gasteiger partial charge on any atom is -0.481 e. The fraction of sp³-hybridized carbons (Fsp3) is 0.0909. The number of carboxylic acid groups (broad SMARTS) is 1. The monoisotopic (exact) mass is 406 g/mol. The maximum absolute atomic E-state index is 12.6. The molecule has 0 aliphatic carbocycles. The van der Waals surface area contributed by atoms with Crippen LogP contribution in [0.4, 0.5) is 0 Å². The Bertz CT molecular complexity index is 1020. The lowest BCUT2D eigenvalue weighted by atomic mass is 10.0. The minimum atomic E-state index is -0.871. The van der Waals surface area contributed by atoms with Crippen LogP contribution in [0.3, 0.4) is 0 Å². The van der Waals surface area contributed by atoms with Crippen molar-refractivity contribution in [3.8, 4) is 11.1 Å². The number of nitrogens with one attached hydrogen (secondary N) is 1. The molecule has 0 aromatic heterocycles. The highest BCUT2D eigenvalue weighted by Gasteiger charge is 2.32. The Kier molecular flexibility index (Phi) is 5.99. The maximum Gasteiger partial charge on any atom is 0.307 e. The van der Waals surface area contributed by atoms with Gasteiger partial charge in [-0.05, 0) is 40.5 Å². The third-order valence-electron chi connectivity index (χ3n) is 4.36. The highest BCUT2D eigenvalue weighted by atomic mass is 32.1. The van der Waals surface area contributed by atoms with E-state index in [0.717, 1.165) is 16.7 Å². The molecule has 7 heteroatoms. The molecule has 0 unspecified atom stereocenters. The number of hydrogen-bond acceptors (Lipinski definition) is 4. The van der Waals surface area contributed by atoms with Crippen molar-refractivity contribution in [2.45, 2.75) is 6.42 Å². The SMILES string of the molecule is C=CCN1C(=O)C(=Cc2ccc(-c3ccc(CC(=O)O)cc3)cc2)C(=O)NC1=S. The first-order valence-electron chi connectivity index (χ1n) is 8.80. The van der Waals surface area contributed by atoms with Crippen LogP contribution in [0.1, 0.15) is 11.1 Å². The zero-order chi connectivity index (χ0) is 21.0. The van der Waals surface area contributed by atoms with Gasteiger partial charge in [0.2, 0.25) is 0 Å². The van der Waals surface area contributed by atoms with Crippen molar-refractivity contribution in [2.24, 2.45) is 0 Å². The Morgan fingerprint density at radius 1 is 1.07 bits per heavy atom. The molecule has 1 saturated heterocycles. The summed E-state index contributed by atoms with van der Waals surface area (Å²) in [5, 5.41) is 11.4. The first kappa shape index (κ1) is 20.2. The van der Waals surface area contributed by atoms with E-state index in [4.69, 9.17) is 17.3 Å². The predicted octanol–water partition coefficient (Wildman–Crippen LogP) is 2.79. The molecule has 0 saturated carbocycles. The molecule has 0 spiro atoms. The quantitative estimate of drug-likeness (QED) is 0.333. The van der Waals surface area contributed by atoms with Crippen LogP contribution in [0, 0.1) is 0 Å². The summed E-state index contributed by atoms with van der Waals surface area (Å²) in [6.07, 6.45) is 3.04. The number of aliphatic carboxylic acids is 1. The Morgan fingerprint density at radius 2 is 1.66 bits per heavy atom. The van der Waals surface area contributed by atoms with Crippen LogP contribution in [0.5, 0.6) is 0 Å². The van der Waals surface area contributed by atoms with Crippen molar-refractivity contribution in [1.82, 2.24) is 10.2 Å². The number of nitrogens with zero attached hydrogens (tertiary/aromatic N) is 1. The third kappa shape index (κ3) is 4.64. The molecule has 1 heterocycles. The minimum absolute atomic E-state index is 0.00576. The van der Waals surface area contributed by atoms with E-state index in [1.807, 2.05) is 24.3 Å². The predicted molar refractivity (Wildman–Crippen MR) is 114 cm³/mol. The summed E-state index contributed by atoms with van der Waals surface area (Å²) in [5.74, 6) is -1.86. The van der Waals surface area contributed by atoms with Crippen LogP contribution in [0.25, 0.3) is 17.2 Å². The molecule has 1 aliphatic rings. The van der Waals surface area contributed by atoms with E-state index in [-0.39, 0.29) is 23.7 Å². The Balaban J connectivity index is 1.81. The van der Waals surface area contributed by atoms with Crippen LogP contribution < -0.4 is 5.32 Å². The standard InChI is InChI=1S/C22H18N2O4S/c1-2-11-24-21(28)18(20(27)23-22(24)29)12-14-3-7-16(8-4-14)17-9-5-15(6-10-17)13-19(25)26/h2-10,12H,1,11,13H2,(H,25,26)(H,23,27,29). The summed E-state index contributed by atoms with van der Waals surface area (Å²) in [7, 11) is 0. The second-order valence-corrected chi connectivity index (χ2v) is 6.80. The smallest absolute Gasteiger partial charge is 0.307 e. The third-order valence-corrected chi connectivity index (χ3v) is 4.68. The average Bonchev–Trinajstić information content (AvgIpc) is 2.69. The molecule has 29 heavy (non-hydrogen) atoms. The average molecular weight is 406 g/mol. The Hall–Kier alpha value is -3.58. The van der Waals surface area contributed by atoms with Gasteiger partial charge in [-0.1, -0.05) is 54.6 Å². The summed E-state index contributed by atoms with van der Waals surface area (Å²) in [5.41, 5.74) is 3.30. The molecule has 2 aromatic carbocycles. The number of carboxylic acids is 1. The van der Waals surface area contributed by atoms with Crippen molar-refractivity contribution in [3.63, 3.8) is 0 Å². The second-order valence-electron chi connectivity index (χ2n) is 6.41. The van der Waals surface area contributed by atoms with E-state index in [9.17, 15) is 14.4 Å². The van der Waals surface area contributed by atoms with Gasteiger partial charge in [-0.25, -0.2) is 0 Å². The zero-order valence-corrected chi connectivity index (χ0v) is 16.2. The van der Waals surface area contributed by atoms with E-state index in [1.54, 1.807) is 24.3 Å². The molecule has 2 N–H and O–H groups in total. The lowest BCUT2D eigenvalue weighted by Gasteiger charge is -2.27. The van der Waals surface area contributed by atoms with Crippen molar-refractivity contribution >= 4 is 41.2 Å². The highest BCUT2D eigenvalue weighted by molar-refractivity contribution is 7.80. The van der Waals surface area contributed by atoms with Crippen molar-refractivity contribution in [3.05, 3.63) is 77.9 Å². The van der Waals surface area contributed by atoms with Crippen LogP contribution in [0.15, 0.2) is 66.8 Å². The molecule has 0 radical (unpaired) electrons. The molecule has 3 rings (SSSR count). The van der Waals surface area contributed by atoms with Gasteiger partial charge >= 0.3 is 5.97 Å². The van der Waals surface area contributed by atoms with Crippen molar-refractivity contribution in [1.29, 1.82) is 0 Å². The zero-order valence-electron chi connectivity index (χ0n) is 15.4. The van der Waals surface area contributed by atoms with Gasteiger partial charge in [-0.15, -0.1) is 6.58 Å². The number of rotatable bonds is 6. The van der Waals surface area contributed by atoms with Gasteiger partial charge < -0.3 is 5.11 Å². The molecule has 0 atom stereocenters. The molecule has 0 bridgehead atoms. The van der Waals surface area contributed by atoms with Gasteiger partial charge in [0.25, 0.3) is 11.8 Å². The second kappa shape index (κ2) is 8.62. The Labute approximate surface area is 173 Å². The molecule has 6 nitrogen and oxygen atoms in total. The van der Waals surface area contributed by atoms with E-state index in [2.05, 4.69) is 11.9 Å². The van der Waals surface area contributed by atoms with E-state index in [1.165, 1.54) is 17.1 Å². The highest BCUT2D eigenvalue weighted by Crippen LogP contribution is 2.22. The lowest BCUT2D eigenvalue weighted by Crippen LogP contribution is -2.53. The van der Waals surface area contributed by atoms with Gasteiger partial charge in [0, 0.05) is 6.54 Å². The molecule has 1 aliphatic heterocycles. The Morgan fingerprint density at radius 3 is 2.21 bits per heavy atom. The normalized spacial score (nSPS) is 15.4. The number of carbonyl (C=O) groups is 3. The number of hydrogen-bond donors (Lipinski definition) is 2. The van der Waals surface area contributed by atoms with E-state index in [0.29, 0.717) is 5.56 Å². The lowest BCUT2D eigenvalue weighted by molar-refractivity contribution is -0.136. The topological polar surface area (TPSA) is 86.7 Å². The van der Waals surface area contributed by atoms with Crippen LogP contribution >= 0.6 is 12.2 Å². The fourth-order valence-electron chi connectivity index (χ4n) is 2.92. The first-order valence-corrected chi connectivity index (χ1v) is 9.21. The number of amides is 2. The number of benzene rings is 2. The van der Waals surface area contributed by atoms with Gasteiger partial charge in [0.1, 0.15) is 5.57 Å². The number of thiocarbonyl (C=S) groups is 1. The molecular formula is C22H18N2O4S. The van der Waals surface area contributed by atoms with Crippen LogP contribution in [0.2, 0.25) is 0 Å². The molecule has 2 aromatic rings. The van der Waals surface area contributed by atoms with Crippen LogP contribution in [-0.4, -0.2) is 39.4 Å². The van der Waals surface area contributed by atoms with Gasteiger partial charge in [-0.2, -0.15) is 0 Å². The van der Waals surface area contributed by atoms with E-state index >= 15 is 0 Å². The summed E-state index contributed by atoms with van der Waals surface area (Å²) in [6, 6.07) is 14.6. The fourth-order valence-corrected chi connectivity index (χ4v) is 3.17. The van der Waals surface area contributed by atoms with E-state index < -0.39 is 17.8 Å². The summed E-state index contributed by atoms with van der Waals surface area (Å²) in [6.45, 7) is 3.81. The van der Waals surface area contributed by atoms with Crippen LogP contribution in [-0.2, 0) is 20.8 Å². The molecule has 1 fully saturated rings. The first-order chi connectivity index (χ1) is 13.9. The van der Waals surface area contributed by atoms with Gasteiger partial charge in [-0.3, -0.25) is 24.6 Å². The molecule has 2 amide bonds. The summed E-state index contributed by atoms with van der Waals surface area (Å²) in [4.78, 5) is 36.8. The summed E-state index contributed by atoms with van der Waals surface area (Å²) < 4.78 is 0. The van der Waals surface area contributed by atoms with Gasteiger partial charge in [0.05, 0.1) is 6.42 Å². The number of carbonyl (C=O) groups excluding carboxylic acids is 2. The largest absolute Gasteiger partial charge is 0.481 e. The van der Waals surface area contributed by atoms with Gasteiger partial charge in [0.15, 0.2) is 5.11 Å². The van der Waals surface area contributed by atoms with Crippen molar-refractivity contribution < 1.29 is 19.5 Å². The molecule has 146 valence electrons. The summed E-state index contributed by atoms with van der Waals surface area (Å²) >= 11 is 5.03. The molecular weight excluding hydrogens is 388 g/mol. The maximum atomic E-state index is 12.6. The van der Waals surface area contributed by atoms with Crippen molar-refractivity contribution in [2.75, 3.05) is 6.54 Å².